The highest BCUT2D eigenvalue weighted by Crippen LogP contribution is 2.23. The molecule has 0 aliphatic heterocycles. The van der Waals surface area contributed by atoms with Gasteiger partial charge in [0.25, 0.3) is 0 Å². The lowest BCUT2D eigenvalue weighted by atomic mass is 10.1. The molecule has 1 unspecified atom stereocenters. The van der Waals surface area contributed by atoms with E-state index in [0.717, 1.165) is 27.3 Å². The molecular formula is C15H17O2P. The summed E-state index contributed by atoms with van der Waals surface area (Å²) < 4.78 is 0. The first kappa shape index (κ1) is 13.1. The van der Waals surface area contributed by atoms with Gasteiger partial charge in [0.05, 0.1) is 6.61 Å². The number of aliphatic hydroxyl groups is 1. The minimum Gasteiger partial charge on any atom is -0.507 e. The van der Waals surface area contributed by atoms with Gasteiger partial charge >= 0.3 is 0 Å². The lowest BCUT2D eigenvalue weighted by molar-refractivity contribution is 0.283. The van der Waals surface area contributed by atoms with Crippen molar-refractivity contribution in [3.05, 3.63) is 53.1 Å². The van der Waals surface area contributed by atoms with Crippen LogP contribution in [-0.2, 0) is 6.61 Å². The maximum atomic E-state index is 10.0. The highest BCUT2D eigenvalue weighted by atomic mass is 31.1. The van der Waals surface area contributed by atoms with Gasteiger partial charge in [-0.25, -0.2) is 0 Å². The molecule has 0 heterocycles. The number of phenolic OH excluding ortho intramolecular Hbond substituents is 1. The topological polar surface area (TPSA) is 40.5 Å². The van der Waals surface area contributed by atoms with Crippen molar-refractivity contribution in [1.82, 2.24) is 0 Å². The molecule has 18 heavy (non-hydrogen) atoms. The Morgan fingerprint density at radius 1 is 1.06 bits per heavy atom. The summed E-state index contributed by atoms with van der Waals surface area (Å²) in [5.74, 6) is 0.361. The average Bonchev–Trinajstić information content (AvgIpc) is 2.37. The fourth-order valence-electron chi connectivity index (χ4n) is 1.88. The van der Waals surface area contributed by atoms with E-state index in [4.69, 9.17) is 0 Å². The summed E-state index contributed by atoms with van der Waals surface area (Å²) in [5.41, 5.74) is 2.97. The van der Waals surface area contributed by atoms with Crippen LogP contribution >= 0.6 is 8.58 Å². The monoisotopic (exact) mass is 260 g/mol. The van der Waals surface area contributed by atoms with E-state index >= 15 is 0 Å². The Kier molecular flexibility index (Phi) is 4.00. The van der Waals surface area contributed by atoms with Crippen LogP contribution in [0.3, 0.4) is 0 Å². The number of benzene rings is 2. The second kappa shape index (κ2) is 5.51. The predicted octanol–water partition coefficient (Wildman–Crippen LogP) is 2.13. The van der Waals surface area contributed by atoms with Crippen LogP contribution in [0, 0.1) is 13.8 Å². The summed E-state index contributed by atoms with van der Waals surface area (Å²) in [6.45, 7) is 3.94. The quantitative estimate of drug-likeness (QED) is 0.830. The molecule has 1 atom stereocenters. The molecule has 94 valence electrons. The van der Waals surface area contributed by atoms with Crippen LogP contribution in [-0.4, -0.2) is 10.2 Å². The summed E-state index contributed by atoms with van der Waals surface area (Å²) in [5, 5.41) is 21.4. The molecule has 0 amide bonds. The Hall–Kier alpha value is -1.37. The normalized spacial score (nSPS) is 11.3. The molecule has 0 bridgehead atoms. The Bertz CT molecular complexity index is 564. The number of aliphatic hydroxyl groups excluding tert-OH is 1. The highest BCUT2D eigenvalue weighted by Gasteiger charge is 2.08. The molecule has 2 rings (SSSR count). The molecule has 2 nitrogen and oxygen atoms in total. The standard InChI is InChI=1S/C15H17O2P/c1-10-6-7-13(12(8-10)9-16)18-14-5-3-4-11(2)15(14)17/h3-8,16-18H,9H2,1-2H3. The van der Waals surface area contributed by atoms with Crippen LogP contribution in [0.1, 0.15) is 16.7 Å². The van der Waals surface area contributed by atoms with Crippen molar-refractivity contribution in [2.75, 3.05) is 0 Å². The van der Waals surface area contributed by atoms with Gasteiger partial charge in [-0.15, -0.1) is 0 Å². The largest absolute Gasteiger partial charge is 0.507 e. The average molecular weight is 260 g/mol. The molecule has 0 saturated heterocycles. The second-order valence-corrected chi connectivity index (χ2v) is 5.74. The Morgan fingerprint density at radius 2 is 1.83 bits per heavy atom. The Labute approximate surface area is 109 Å². The van der Waals surface area contributed by atoms with E-state index in [1.54, 1.807) is 0 Å². The van der Waals surface area contributed by atoms with Gasteiger partial charge in [0.2, 0.25) is 0 Å². The number of phenols is 1. The lowest BCUT2D eigenvalue weighted by Gasteiger charge is -2.11. The maximum Gasteiger partial charge on any atom is 0.126 e. The van der Waals surface area contributed by atoms with E-state index < -0.39 is 0 Å². The van der Waals surface area contributed by atoms with Gasteiger partial charge in [-0.1, -0.05) is 50.5 Å². The number of aromatic hydroxyl groups is 1. The van der Waals surface area contributed by atoms with Gasteiger partial charge in [0.1, 0.15) is 5.75 Å². The first-order valence-electron chi connectivity index (χ1n) is 5.88. The zero-order chi connectivity index (χ0) is 13.1. The minimum atomic E-state index is 0.0383. The molecule has 0 radical (unpaired) electrons. The molecule has 0 fully saturated rings. The van der Waals surface area contributed by atoms with Crippen LogP contribution in [0.25, 0.3) is 0 Å². The van der Waals surface area contributed by atoms with Gasteiger partial charge < -0.3 is 10.2 Å². The Morgan fingerprint density at radius 3 is 2.56 bits per heavy atom. The van der Waals surface area contributed by atoms with Crippen molar-refractivity contribution in [1.29, 1.82) is 0 Å². The number of rotatable bonds is 3. The summed E-state index contributed by atoms with van der Waals surface area (Å²) in [4.78, 5) is 0. The summed E-state index contributed by atoms with van der Waals surface area (Å²) in [6.07, 6.45) is 0. The molecule has 2 N–H and O–H groups in total. The summed E-state index contributed by atoms with van der Waals surface area (Å²) >= 11 is 0. The zero-order valence-corrected chi connectivity index (χ0v) is 11.6. The summed E-state index contributed by atoms with van der Waals surface area (Å²) in [7, 11) is 0.364. The molecule has 0 aliphatic carbocycles. The highest BCUT2D eigenvalue weighted by molar-refractivity contribution is 7.55. The third-order valence-electron chi connectivity index (χ3n) is 2.94. The first-order chi connectivity index (χ1) is 8.61. The fourth-order valence-corrected chi connectivity index (χ4v) is 3.14. The third kappa shape index (κ3) is 2.72. The molecule has 3 heteroatoms. The van der Waals surface area contributed by atoms with Gasteiger partial charge in [0.15, 0.2) is 0 Å². The molecule has 0 aromatic heterocycles. The number of para-hydroxylation sites is 1. The van der Waals surface area contributed by atoms with Crippen LogP contribution in [0.15, 0.2) is 36.4 Å². The van der Waals surface area contributed by atoms with E-state index in [1.165, 1.54) is 0 Å². The van der Waals surface area contributed by atoms with Crippen LogP contribution < -0.4 is 10.6 Å². The van der Waals surface area contributed by atoms with Crippen LogP contribution in [0.5, 0.6) is 5.75 Å². The molecule has 0 spiro atoms. The summed E-state index contributed by atoms with van der Waals surface area (Å²) in [6, 6.07) is 11.8. The zero-order valence-electron chi connectivity index (χ0n) is 10.6. The van der Waals surface area contributed by atoms with Crippen molar-refractivity contribution in [3.63, 3.8) is 0 Å². The predicted molar refractivity (Wildman–Crippen MR) is 77.5 cm³/mol. The van der Waals surface area contributed by atoms with Crippen LogP contribution in [0.2, 0.25) is 0 Å². The number of hydrogen-bond donors (Lipinski definition) is 2. The molecule has 0 saturated carbocycles. The molecule has 2 aromatic carbocycles. The van der Waals surface area contributed by atoms with Gasteiger partial charge in [0, 0.05) is 5.30 Å². The maximum absolute atomic E-state index is 10.0. The van der Waals surface area contributed by atoms with Crippen molar-refractivity contribution in [2.24, 2.45) is 0 Å². The van der Waals surface area contributed by atoms with Crippen molar-refractivity contribution >= 4 is 19.2 Å². The molecular weight excluding hydrogens is 243 g/mol. The van der Waals surface area contributed by atoms with E-state index in [9.17, 15) is 10.2 Å². The van der Waals surface area contributed by atoms with Crippen molar-refractivity contribution < 1.29 is 10.2 Å². The third-order valence-corrected chi connectivity index (χ3v) is 4.37. The molecule has 2 aromatic rings. The Balaban J connectivity index is 2.37. The minimum absolute atomic E-state index is 0.0383. The SMILES string of the molecule is Cc1ccc(Pc2cccc(C)c2O)c(CO)c1. The second-order valence-electron chi connectivity index (χ2n) is 4.41. The smallest absolute Gasteiger partial charge is 0.126 e. The lowest BCUT2D eigenvalue weighted by Crippen LogP contribution is -2.10. The van der Waals surface area contributed by atoms with Crippen molar-refractivity contribution in [3.8, 4) is 5.75 Å². The fraction of sp³-hybridized carbons (Fsp3) is 0.200. The van der Waals surface area contributed by atoms with Gasteiger partial charge in [-0.2, -0.15) is 0 Å². The van der Waals surface area contributed by atoms with E-state index in [1.807, 2.05) is 50.2 Å². The van der Waals surface area contributed by atoms with E-state index in [0.29, 0.717) is 14.3 Å². The number of hydrogen-bond acceptors (Lipinski definition) is 2. The number of aryl methyl sites for hydroxylation is 2. The molecule has 0 aliphatic rings. The van der Waals surface area contributed by atoms with Gasteiger partial charge in [-0.05, 0) is 30.3 Å². The van der Waals surface area contributed by atoms with Gasteiger partial charge in [-0.3, -0.25) is 0 Å². The van der Waals surface area contributed by atoms with E-state index in [2.05, 4.69) is 0 Å². The van der Waals surface area contributed by atoms with Crippen LogP contribution in [0.4, 0.5) is 0 Å². The van der Waals surface area contributed by atoms with E-state index in [-0.39, 0.29) is 6.61 Å². The first-order valence-corrected chi connectivity index (χ1v) is 6.88. The van der Waals surface area contributed by atoms with Crippen molar-refractivity contribution in [2.45, 2.75) is 20.5 Å².